The first-order chi connectivity index (χ1) is 19.7. The second kappa shape index (κ2) is 17.3. The van der Waals surface area contributed by atoms with Crippen LogP contribution >= 0.6 is 0 Å². The van der Waals surface area contributed by atoms with Gasteiger partial charge in [-0.3, -0.25) is 33.8 Å². The molecule has 1 rings (SSSR count). The smallest absolute Gasteiger partial charge is 0.326 e. The summed E-state index contributed by atoms with van der Waals surface area (Å²) in [5.74, 6) is -7.35. The first-order valence-corrected chi connectivity index (χ1v) is 13.0. The van der Waals surface area contributed by atoms with Crippen molar-refractivity contribution in [3.8, 4) is 0 Å². The minimum Gasteiger partial charge on any atom is -0.481 e. The molecule has 42 heavy (non-hydrogen) atoms. The highest BCUT2D eigenvalue weighted by molar-refractivity contribution is 5.97. The van der Waals surface area contributed by atoms with E-state index in [4.69, 9.17) is 17.2 Å². The van der Waals surface area contributed by atoms with E-state index < -0.39 is 91.3 Å². The summed E-state index contributed by atoms with van der Waals surface area (Å²) < 4.78 is 0. The monoisotopic (exact) mass is 601 g/mol. The Morgan fingerprint density at radius 2 is 1.55 bits per heavy atom. The van der Waals surface area contributed by atoms with Gasteiger partial charge in [0.15, 0.2) is 5.96 Å². The van der Waals surface area contributed by atoms with E-state index in [1.165, 1.54) is 6.92 Å². The summed E-state index contributed by atoms with van der Waals surface area (Å²) in [6.45, 7) is 0.135. The van der Waals surface area contributed by atoms with Gasteiger partial charge in [0.05, 0.1) is 19.6 Å². The molecule has 1 fully saturated rings. The number of guanidine groups is 1. The van der Waals surface area contributed by atoms with Gasteiger partial charge in [0.1, 0.15) is 30.2 Å². The molecule has 1 saturated heterocycles. The topological polar surface area (TPSA) is 322 Å². The first-order valence-electron chi connectivity index (χ1n) is 13.0. The Morgan fingerprint density at radius 1 is 0.929 bits per heavy atom. The molecular weight excluding hydrogens is 562 g/mol. The molecule has 5 amide bonds. The fraction of sp³-hybridized carbons (Fsp3) is 0.652. The molecule has 0 aliphatic carbocycles. The van der Waals surface area contributed by atoms with Crippen LogP contribution < -0.4 is 38.5 Å². The molecule has 0 radical (unpaired) electrons. The van der Waals surface area contributed by atoms with Crippen LogP contribution in [0.15, 0.2) is 4.99 Å². The van der Waals surface area contributed by atoms with Crippen molar-refractivity contribution in [3.63, 3.8) is 0 Å². The van der Waals surface area contributed by atoms with E-state index in [2.05, 4.69) is 26.3 Å². The number of carbonyl (C=O) groups is 7. The van der Waals surface area contributed by atoms with Gasteiger partial charge in [0.25, 0.3) is 0 Å². The molecule has 19 nitrogen and oxygen atoms in total. The minimum atomic E-state index is -1.74. The summed E-state index contributed by atoms with van der Waals surface area (Å²) in [6.07, 6.45) is -0.00260. The third-order valence-corrected chi connectivity index (χ3v) is 6.16. The molecule has 1 heterocycles. The predicted octanol–water partition coefficient (Wildman–Crippen LogP) is -5.50. The second-order valence-corrected chi connectivity index (χ2v) is 9.43. The van der Waals surface area contributed by atoms with Gasteiger partial charge in [-0.1, -0.05) is 0 Å². The van der Waals surface area contributed by atoms with Crippen LogP contribution in [0.25, 0.3) is 0 Å². The molecule has 1 aliphatic heterocycles. The average Bonchev–Trinajstić information content (AvgIpc) is 3.42. The van der Waals surface area contributed by atoms with Gasteiger partial charge in [0, 0.05) is 13.1 Å². The molecule has 0 aromatic heterocycles. The van der Waals surface area contributed by atoms with Crippen LogP contribution in [0.1, 0.15) is 39.0 Å². The number of nitrogens with two attached hydrogens (primary N) is 3. The van der Waals surface area contributed by atoms with Crippen LogP contribution in [-0.4, -0.2) is 124 Å². The Morgan fingerprint density at radius 3 is 2.10 bits per heavy atom. The molecule has 1 aliphatic rings. The third kappa shape index (κ3) is 11.5. The highest BCUT2D eigenvalue weighted by Gasteiger charge is 2.38. The Kier molecular flexibility index (Phi) is 14.6. The number of nitrogens with one attached hydrogen (secondary N) is 4. The number of aliphatic hydroxyl groups excluding tert-OH is 1. The van der Waals surface area contributed by atoms with Gasteiger partial charge >= 0.3 is 11.9 Å². The zero-order valence-corrected chi connectivity index (χ0v) is 23.1. The predicted molar refractivity (Wildman–Crippen MR) is 144 cm³/mol. The lowest BCUT2D eigenvalue weighted by Crippen LogP contribution is -2.59. The molecule has 5 atom stereocenters. The van der Waals surface area contributed by atoms with Crippen molar-refractivity contribution in [3.05, 3.63) is 0 Å². The van der Waals surface area contributed by atoms with Gasteiger partial charge < -0.3 is 58.7 Å². The lowest BCUT2D eigenvalue weighted by molar-refractivity contribution is -0.150. The quantitative estimate of drug-likeness (QED) is 0.0423. The highest BCUT2D eigenvalue weighted by Crippen LogP contribution is 2.18. The van der Waals surface area contributed by atoms with Gasteiger partial charge in [0.2, 0.25) is 29.5 Å². The van der Waals surface area contributed by atoms with Gasteiger partial charge in [-0.15, -0.1) is 0 Å². The number of nitrogens with zero attached hydrogens (tertiary/aromatic N) is 2. The first kappa shape index (κ1) is 35.5. The third-order valence-electron chi connectivity index (χ3n) is 6.16. The lowest BCUT2D eigenvalue weighted by atomic mass is 10.1. The summed E-state index contributed by atoms with van der Waals surface area (Å²) in [5, 5.41) is 37.3. The highest BCUT2D eigenvalue weighted by atomic mass is 16.4. The van der Waals surface area contributed by atoms with Gasteiger partial charge in [-0.2, -0.15) is 0 Å². The zero-order chi connectivity index (χ0) is 32.0. The number of aliphatic carboxylic acids is 2. The van der Waals surface area contributed by atoms with Crippen molar-refractivity contribution in [1.29, 1.82) is 0 Å². The van der Waals surface area contributed by atoms with Crippen molar-refractivity contribution in [2.24, 2.45) is 22.2 Å². The summed E-state index contributed by atoms with van der Waals surface area (Å²) >= 11 is 0. The molecule has 0 saturated carbocycles. The number of rotatable bonds is 17. The number of amides is 5. The Balaban J connectivity index is 2.91. The molecule has 0 bridgehead atoms. The SMILES string of the molecule is CC(NC(=O)C(CCCN=C(N)N)NC(=O)CN)C(=O)NC(CC(=O)O)C(=O)NC(CO)C(=O)N1CCCC1C(=O)O. The lowest BCUT2D eigenvalue weighted by Gasteiger charge is -2.28. The van der Waals surface area contributed by atoms with Crippen LogP contribution in [0.5, 0.6) is 0 Å². The van der Waals surface area contributed by atoms with Crippen molar-refractivity contribution in [2.45, 2.75) is 69.2 Å². The average molecular weight is 602 g/mol. The van der Waals surface area contributed by atoms with Gasteiger partial charge in [-0.25, -0.2) is 4.79 Å². The Labute approximate surface area is 240 Å². The number of hydrogen-bond donors (Lipinski definition) is 10. The number of carboxylic acid groups (broad SMARTS) is 2. The molecular formula is C23H39N9O10. The molecule has 0 spiro atoms. The van der Waals surface area contributed by atoms with Crippen molar-refractivity contribution >= 4 is 47.4 Å². The second-order valence-electron chi connectivity index (χ2n) is 9.43. The van der Waals surface area contributed by atoms with Crippen LogP contribution in [0.3, 0.4) is 0 Å². The number of carbonyl (C=O) groups excluding carboxylic acids is 5. The zero-order valence-electron chi connectivity index (χ0n) is 23.1. The van der Waals surface area contributed by atoms with Crippen LogP contribution in [-0.2, 0) is 33.6 Å². The number of aliphatic hydroxyl groups is 1. The Hall–Kier alpha value is -4.52. The molecule has 0 aromatic rings. The van der Waals surface area contributed by atoms with Crippen molar-refractivity contribution in [2.75, 3.05) is 26.2 Å². The number of hydrogen-bond acceptors (Lipinski definition) is 10. The van der Waals surface area contributed by atoms with E-state index >= 15 is 0 Å². The van der Waals surface area contributed by atoms with E-state index in [0.717, 1.165) is 4.90 Å². The Bertz CT molecular complexity index is 1050. The van der Waals surface area contributed by atoms with E-state index in [9.17, 15) is 48.9 Å². The summed E-state index contributed by atoms with van der Waals surface area (Å²) in [7, 11) is 0. The molecule has 0 aromatic carbocycles. The summed E-state index contributed by atoms with van der Waals surface area (Å²) in [6, 6.07) is -6.94. The number of likely N-dealkylation sites (tertiary alicyclic amines) is 1. The summed E-state index contributed by atoms with van der Waals surface area (Å²) in [4.78, 5) is 90.5. The summed E-state index contributed by atoms with van der Waals surface area (Å²) in [5.41, 5.74) is 15.8. The normalized spacial score (nSPS) is 17.1. The maximum Gasteiger partial charge on any atom is 0.326 e. The molecule has 19 heteroatoms. The largest absolute Gasteiger partial charge is 0.481 e. The standard InChI is InChI=1S/C23H39N9O10/c1-11(28-19(38)12(29-16(34)9-24)4-2-6-27-23(25)26)18(37)30-13(8-17(35)36)20(39)31-14(10-33)21(40)32-7-3-5-15(32)22(41)42/h11-15,33H,2-10,24H2,1H3,(H,28,38)(H,29,34)(H,30,37)(H,31,39)(H,35,36)(H,41,42)(H4,25,26,27). The van der Waals surface area contributed by atoms with Crippen molar-refractivity contribution in [1.82, 2.24) is 26.2 Å². The molecule has 5 unspecified atom stereocenters. The van der Waals surface area contributed by atoms with Crippen molar-refractivity contribution < 1.29 is 48.9 Å². The maximum atomic E-state index is 12.9. The van der Waals surface area contributed by atoms with E-state index in [1.54, 1.807) is 0 Å². The van der Waals surface area contributed by atoms with E-state index in [0.29, 0.717) is 6.42 Å². The van der Waals surface area contributed by atoms with Gasteiger partial charge in [-0.05, 0) is 32.6 Å². The number of carboxylic acids is 2. The molecule has 236 valence electrons. The van der Waals surface area contributed by atoms with E-state index in [-0.39, 0.29) is 38.3 Å². The van der Waals surface area contributed by atoms with Crippen LogP contribution in [0.4, 0.5) is 0 Å². The molecule has 13 N–H and O–H groups in total. The maximum absolute atomic E-state index is 12.9. The number of aliphatic imine (C=N–C) groups is 1. The fourth-order valence-electron chi connectivity index (χ4n) is 4.03. The van der Waals surface area contributed by atoms with E-state index in [1.807, 2.05) is 0 Å². The fourth-order valence-corrected chi connectivity index (χ4v) is 4.03. The van der Waals surface area contributed by atoms with Crippen LogP contribution in [0.2, 0.25) is 0 Å². The minimum absolute atomic E-state index is 0.0725. The van der Waals surface area contributed by atoms with Crippen LogP contribution in [0, 0.1) is 0 Å².